The number of hydrogen-bond acceptors (Lipinski definition) is 3. The summed E-state index contributed by atoms with van der Waals surface area (Å²) in [6, 6.07) is 9.31. The number of carbonyl (C=O) groups is 1. The van der Waals surface area contributed by atoms with E-state index in [-0.39, 0.29) is 18.2 Å². The number of carboxylic acid groups (broad SMARTS) is 1. The first kappa shape index (κ1) is 12.8. The Morgan fingerprint density at radius 2 is 1.85 bits per heavy atom. The van der Waals surface area contributed by atoms with Crippen molar-refractivity contribution in [3.05, 3.63) is 29.8 Å². The van der Waals surface area contributed by atoms with Crippen molar-refractivity contribution in [2.45, 2.75) is 43.9 Å². The van der Waals surface area contributed by atoms with Gasteiger partial charge in [-0.3, -0.25) is 0 Å². The van der Waals surface area contributed by atoms with Crippen molar-refractivity contribution in [2.75, 3.05) is 0 Å². The van der Waals surface area contributed by atoms with E-state index in [4.69, 9.17) is 10.00 Å². The monoisotopic (exact) mass is 272 g/mol. The van der Waals surface area contributed by atoms with E-state index in [1.807, 2.05) is 0 Å². The Balaban J connectivity index is 1.66. The fourth-order valence-electron chi connectivity index (χ4n) is 3.34. The van der Waals surface area contributed by atoms with E-state index in [9.17, 15) is 9.90 Å². The van der Waals surface area contributed by atoms with E-state index in [1.165, 1.54) is 0 Å². The Bertz CT molecular complexity index is 535. The lowest BCUT2D eigenvalue weighted by Crippen LogP contribution is -2.48. The highest BCUT2D eigenvalue weighted by Crippen LogP contribution is 2.37. The summed E-state index contributed by atoms with van der Waals surface area (Å²) in [5, 5.41) is 18.0. The maximum Gasteiger partial charge on any atom is 0.407 e. The fourth-order valence-corrected chi connectivity index (χ4v) is 3.34. The molecular weight excluding hydrogens is 256 g/mol. The van der Waals surface area contributed by atoms with Crippen molar-refractivity contribution in [1.29, 1.82) is 5.26 Å². The number of piperidine rings is 1. The van der Waals surface area contributed by atoms with Gasteiger partial charge in [0.1, 0.15) is 11.9 Å². The Kier molecular flexibility index (Phi) is 3.23. The molecule has 3 rings (SSSR count). The molecule has 2 aliphatic heterocycles. The summed E-state index contributed by atoms with van der Waals surface area (Å²) in [5.74, 6) is 0.747. The highest BCUT2D eigenvalue weighted by Gasteiger charge is 2.44. The molecule has 2 heterocycles. The van der Waals surface area contributed by atoms with Gasteiger partial charge in [-0.15, -0.1) is 0 Å². The van der Waals surface area contributed by atoms with Crippen molar-refractivity contribution in [3.63, 3.8) is 0 Å². The normalized spacial score (nSPS) is 27.9. The second-order valence-corrected chi connectivity index (χ2v) is 5.42. The molecule has 20 heavy (non-hydrogen) atoms. The predicted molar refractivity (Wildman–Crippen MR) is 71.5 cm³/mol. The maximum atomic E-state index is 11.2. The van der Waals surface area contributed by atoms with Crippen molar-refractivity contribution in [2.24, 2.45) is 0 Å². The third-order valence-electron chi connectivity index (χ3n) is 4.20. The highest BCUT2D eigenvalue weighted by atomic mass is 16.5. The Morgan fingerprint density at radius 1 is 1.25 bits per heavy atom. The van der Waals surface area contributed by atoms with Crippen molar-refractivity contribution in [3.8, 4) is 11.8 Å². The van der Waals surface area contributed by atoms with E-state index in [1.54, 1.807) is 29.2 Å². The van der Waals surface area contributed by atoms with Crippen LogP contribution in [0.15, 0.2) is 24.3 Å². The van der Waals surface area contributed by atoms with Crippen LogP contribution in [-0.4, -0.2) is 34.3 Å². The zero-order valence-electron chi connectivity index (χ0n) is 11.0. The molecule has 0 aromatic heterocycles. The first-order chi connectivity index (χ1) is 9.67. The van der Waals surface area contributed by atoms with Gasteiger partial charge in [-0.25, -0.2) is 4.79 Å². The van der Waals surface area contributed by atoms with Gasteiger partial charge in [0.05, 0.1) is 11.6 Å². The van der Waals surface area contributed by atoms with E-state index in [0.29, 0.717) is 5.56 Å². The minimum absolute atomic E-state index is 0.0658. The van der Waals surface area contributed by atoms with Gasteiger partial charge in [-0.05, 0) is 37.1 Å². The SMILES string of the molecule is N#Cc1ccc(O[C@@H]2C[C@H]3CC[C@@H](C2)N3C(=O)O)cc1. The Labute approximate surface area is 117 Å². The van der Waals surface area contributed by atoms with Gasteiger partial charge in [-0.1, -0.05) is 0 Å². The average Bonchev–Trinajstić information content (AvgIpc) is 2.72. The van der Waals surface area contributed by atoms with Crippen LogP contribution in [0.3, 0.4) is 0 Å². The largest absolute Gasteiger partial charge is 0.490 e. The summed E-state index contributed by atoms with van der Waals surface area (Å²) in [5.41, 5.74) is 0.609. The van der Waals surface area contributed by atoms with Crippen LogP contribution in [0.1, 0.15) is 31.2 Å². The molecule has 3 atom stereocenters. The van der Waals surface area contributed by atoms with Gasteiger partial charge in [0.15, 0.2) is 0 Å². The molecule has 2 fully saturated rings. The number of hydrogen-bond donors (Lipinski definition) is 1. The molecule has 1 aromatic carbocycles. The summed E-state index contributed by atoms with van der Waals surface area (Å²) in [6.45, 7) is 0. The van der Waals surface area contributed by atoms with Crippen LogP contribution in [0.5, 0.6) is 5.75 Å². The molecule has 2 bridgehead atoms. The summed E-state index contributed by atoms with van der Waals surface area (Å²) in [6.07, 6.45) is 2.63. The first-order valence-corrected chi connectivity index (χ1v) is 6.85. The van der Waals surface area contributed by atoms with E-state index in [2.05, 4.69) is 6.07 Å². The van der Waals surface area contributed by atoms with Crippen LogP contribution in [0.2, 0.25) is 0 Å². The molecule has 2 aliphatic rings. The number of amides is 1. The number of rotatable bonds is 2. The van der Waals surface area contributed by atoms with Gasteiger partial charge in [0.2, 0.25) is 0 Å². The van der Waals surface area contributed by atoms with E-state index >= 15 is 0 Å². The molecular formula is C15H16N2O3. The number of nitrogens with zero attached hydrogens (tertiary/aromatic N) is 2. The number of fused-ring (bicyclic) bond motifs is 2. The van der Waals surface area contributed by atoms with Gasteiger partial charge in [0, 0.05) is 24.9 Å². The zero-order chi connectivity index (χ0) is 14.1. The maximum absolute atomic E-state index is 11.2. The van der Waals surface area contributed by atoms with Crippen molar-refractivity contribution in [1.82, 2.24) is 4.90 Å². The lowest BCUT2D eigenvalue weighted by atomic mass is 10.0. The number of nitriles is 1. The van der Waals surface area contributed by atoms with Crippen LogP contribution in [-0.2, 0) is 0 Å². The molecule has 5 heteroatoms. The van der Waals surface area contributed by atoms with Crippen molar-refractivity contribution < 1.29 is 14.6 Å². The van der Waals surface area contributed by atoms with E-state index < -0.39 is 6.09 Å². The molecule has 104 valence electrons. The molecule has 0 aliphatic carbocycles. The lowest BCUT2D eigenvalue weighted by molar-refractivity contribution is 0.0496. The Morgan fingerprint density at radius 3 is 2.35 bits per heavy atom. The van der Waals surface area contributed by atoms with Crippen molar-refractivity contribution >= 4 is 6.09 Å². The third-order valence-corrected chi connectivity index (χ3v) is 4.20. The minimum atomic E-state index is -0.811. The second-order valence-electron chi connectivity index (χ2n) is 5.42. The fraction of sp³-hybridized carbons (Fsp3) is 0.467. The molecule has 0 radical (unpaired) electrons. The van der Waals surface area contributed by atoms with Crippen LogP contribution in [0, 0.1) is 11.3 Å². The summed E-state index contributed by atoms with van der Waals surface area (Å²) < 4.78 is 5.93. The molecule has 0 unspecified atom stereocenters. The first-order valence-electron chi connectivity index (χ1n) is 6.85. The quantitative estimate of drug-likeness (QED) is 0.898. The summed E-state index contributed by atoms with van der Waals surface area (Å²) in [4.78, 5) is 12.8. The van der Waals surface area contributed by atoms with Gasteiger partial charge in [-0.2, -0.15) is 5.26 Å². The topological polar surface area (TPSA) is 73.6 Å². The van der Waals surface area contributed by atoms with Crippen LogP contribution in [0.25, 0.3) is 0 Å². The molecule has 0 saturated carbocycles. The molecule has 0 spiro atoms. The molecule has 1 aromatic rings. The van der Waals surface area contributed by atoms with E-state index in [0.717, 1.165) is 31.4 Å². The van der Waals surface area contributed by atoms with Crippen LogP contribution >= 0.6 is 0 Å². The third kappa shape index (κ3) is 2.29. The smallest absolute Gasteiger partial charge is 0.407 e. The van der Waals surface area contributed by atoms with Gasteiger partial charge in [0.25, 0.3) is 0 Å². The zero-order valence-corrected chi connectivity index (χ0v) is 11.0. The summed E-state index contributed by atoms with van der Waals surface area (Å²) >= 11 is 0. The lowest BCUT2D eigenvalue weighted by Gasteiger charge is -2.37. The van der Waals surface area contributed by atoms with Crippen LogP contribution < -0.4 is 4.74 Å². The average molecular weight is 272 g/mol. The number of ether oxygens (including phenoxy) is 1. The Hall–Kier alpha value is -2.22. The van der Waals surface area contributed by atoms with Gasteiger partial charge < -0.3 is 14.7 Å². The predicted octanol–water partition coefficient (Wildman–Crippen LogP) is 2.61. The molecule has 1 N–H and O–H groups in total. The minimum Gasteiger partial charge on any atom is -0.490 e. The highest BCUT2D eigenvalue weighted by molar-refractivity contribution is 5.66. The standard InChI is InChI=1S/C15H16N2O3/c16-9-10-1-5-13(6-2-10)20-14-7-11-3-4-12(8-14)17(11)15(18)19/h1-2,5-6,11-12,14H,3-4,7-8H2,(H,18,19)/t11-,12+,14-. The van der Waals surface area contributed by atoms with Crippen LogP contribution in [0.4, 0.5) is 4.79 Å². The summed E-state index contributed by atoms with van der Waals surface area (Å²) in [7, 11) is 0. The number of benzene rings is 1. The second kappa shape index (κ2) is 5.04. The van der Waals surface area contributed by atoms with Gasteiger partial charge >= 0.3 is 6.09 Å². The molecule has 2 saturated heterocycles. The molecule has 5 nitrogen and oxygen atoms in total. The molecule has 1 amide bonds.